The van der Waals surface area contributed by atoms with Crippen LogP contribution in [0, 0.1) is 0 Å². The van der Waals surface area contributed by atoms with Crippen molar-refractivity contribution in [1.29, 1.82) is 0 Å². The number of amides is 2. The van der Waals surface area contributed by atoms with E-state index in [1.165, 1.54) is 11.8 Å². The van der Waals surface area contributed by atoms with E-state index in [4.69, 9.17) is 14.6 Å². The van der Waals surface area contributed by atoms with Gasteiger partial charge in [-0.3, -0.25) is 9.59 Å². The number of carbonyl (C=O) groups is 2. The predicted octanol–water partition coefficient (Wildman–Crippen LogP) is 4.88. The van der Waals surface area contributed by atoms with Gasteiger partial charge in [0.2, 0.25) is 5.91 Å². The van der Waals surface area contributed by atoms with Gasteiger partial charge in [0.25, 0.3) is 5.91 Å². The molecule has 0 saturated carbocycles. The normalized spacial score (nSPS) is 18.9. The summed E-state index contributed by atoms with van der Waals surface area (Å²) in [6, 6.07) is 24.7. The van der Waals surface area contributed by atoms with E-state index in [1.807, 2.05) is 66.7 Å². The Kier molecular flexibility index (Phi) is 7.23. The molecule has 0 bridgehead atoms. The molecule has 37 heavy (non-hydrogen) atoms. The lowest BCUT2D eigenvalue weighted by atomic mass is 9.98. The molecule has 0 radical (unpaired) electrons. The number of nitrogens with zero attached hydrogens (tertiary/aromatic N) is 3. The topological polar surface area (TPSA) is 92.6 Å². The van der Waals surface area contributed by atoms with Crippen LogP contribution in [0.15, 0.2) is 89.0 Å². The highest BCUT2D eigenvalue weighted by atomic mass is 32.2. The number of amidine groups is 1. The molecular weight excluding hydrogens is 488 g/mol. The lowest BCUT2D eigenvalue weighted by Crippen LogP contribution is -2.25. The van der Waals surface area contributed by atoms with E-state index in [0.29, 0.717) is 23.0 Å². The third-order valence-corrected chi connectivity index (χ3v) is 7.33. The second-order valence-corrected chi connectivity index (χ2v) is 9.68. The highest BCUT2D eigenvalue weighted by Gasteiger charge is 2.40. The summed E-state index contributed by atoms with van der Waals surface area (Å²) in [6.07, 6.45) is 0.605. The van der Waals surface area contributed by atoms with Gasteiger partial charge < -0.3 is 14.8 Å². The van der Waals surface area contributed by atoms with Crippen LogP contribution in [0.2, 0.25) is 0 Å². The van der Waals surface area contributed by atoms with E-state index in [2.05, 4.69) is 10.3 Å². The average molecular weight is 515 g/mol. The Morgan fingerprint density at radius 3 is 2.41 bits per heavy atom. The quantitative estimate of drug-likeness (QED) is 0.483. The SMILES string of the molecule is COc1ccccc1NC(=O)C[C@H]1SC(N2N=C(c3ccccc3)C[C@@H]2c2ccccc2OC)=NC1=O. The van der Waals surface area contributed by atoms with E-state index >= 15 is 0 Å². The highest BCUT2D eigenvalue weighted by molar-refractivity contribution is 8.15. The summed E-state index contributed by atoms with van der Waals surface area (Å²) in [6.45, 7) is 0. The predicted molar refractivity (Wildman–Crippen MR) is 145 cm³/mol. The van der Waals surface area contributed by atoms with E-state index < -0.39 is 5.25 Å². The number of para-hydroxylation sites is 3. The molecule has 0 aliphatic carbocycles. The number of thioether (sulfide) groups is 1. The number of benzene rings is 3. The van der Waals surface area contributed by atoms with Crippen molar-refractivity contribution in [3.05, 3.63) is 90.0 Å². The molecule has 0 spiro atoms. The van der Waals surface area contributed by atoms with Crippen LogP contribution >= 0.6 is 11.8 Å². The first-order valence-corrected chi connectivity index (χ1v) is 12.7. The smallest absolute Gasteiger partial charge is 0.262 e. The van der Waals surface area contributed by atoms with Crippen LogP contribution in [0.25, 0.3) is 0 Å². The number of methoxy groups -OCH3 is 2. The van der Waals surface area contributed by atoms with E-state index in [1.54, 1.807) is 31.4 Å². The molecule has 2 amide bonds. The fourth-order valence-electron chi connectivity index (χ4n) is 4.40. The minimum atomic E-state index is -0.640. The molecule has 0 unspecified atom stereocenters. The Balaban J connectivity index is 1.37. The van der Waals surface area contributed by atoms with Crippen LogP contribution in [0.1, 0.15) is 30.0 Å². The fourth-order valence-corrected chi connectivity index (χ4v) is 5.46. The highest BCUT2D eigenvalue weighted by Crippen LogP contribution is 2.41. The first kappa shape index (κ1) is 24.6. The number of rotatable bonds is 7. The number of ether oxygens (including phenoxy) is 2. The molecule has 0 saturated heterocycles. The lowest BCUT2D eigenvalue weighted by Gasteiger charge is -2.24. The largest absolute Gasteiger partial charge is 0.496 e. The molecule has 188 valence electrons. The standard InChI is InChI=1S/C28H26N4O4S/c1-35-23-14-8-6-12-19(23)22-16-21(18-10-4-3-5-11-18)31-32(22)28-30-27(34)25(37-28)17-26(33)29-20-13-7-9-15-24(20)36-2/h3-15,22,25H,16-17H2,1-2H3,(H,29,33)/t22-,25-/m1/s1. The molecule has 9 heteroatoms. The number of anilines is 1. The fraction of sp³-hybridized carbons (Fsp3) is 0.214. The summed E-state index contributed by atoms with van der Waals surface area (Å²) in [5, 5.41) is 9.35. The van der Waals surface area contributed by atoms with Crippen molar-refractivity contribution in [1.82, 2.24) is 5.01 Å². The third-order valence-electron chi connectivity index (χ3n) is 6.19. The van der Waals surface area contributed by atoms with Crippen LogP contribution in [0.3, 0.4) is 0 Å². The lowest BCUT2D eigenvalue weighted by molar-refractivity contribution is -0.121. The number of carbonyl (C=O) groups excluding carboxylic acids is 2. The maximum atomic E-state index is 12.9. The summed E-state index contributed by atoms with van der Waals surface area (Å²) in [7, 11) is 3.18. The van der Waals surface area contributed by atoms with E-state index in [-0.39, 0.29) is 24.3 Å². The van der Waals surface area contributed by atoms with Gasteiger partial charge in [-0.1, -0.05) is 72.4 Å². The van der Waals surface area contributed by atoms with Crippen LogP contribution < -0.4 is 14.8 Å². The molecule has 2 aliphatic heterocycles. The minimum Gasteiger partial charge on any atom is -0.496 e. The zero-order chi connectivity index (χ0) is 25.8. The van der Waals surface area contributed by atoms with E-state index in [9.17, 15) is 9.59 Å². The molecule has 0 aromatic heterocycles. The monoisotopic (exact) mass is 514 g/mol. The van der Waals surface area contributed by atoms with Crippen molar-refractivity contribution in [2.75, 3.05) is 19.5 Å². The summed E-state index contributed by atoms with van der Waals surface area (Å²) in [4.78, 5) is 30.0. The van der Waals surface area contributed by atoms with E-state index in [0.717, 1.165) is 22.6 Å². The van der Waals surface area contributed by atoms with Crippen LogP contribution in [0.5, 0.6) is 11.5 Å². The van der Waals surface area contributed by atoms with Gasteiger partial charge in [0.1, 0.15) is 16.7 Å². The van der Waals surface area contributed by atoms with Crippen molar-refractivity contribution in [3.63, 3.8) is 0 Å². The molecule has 3 aromatic carbocycles. The minimum absolute atomic E-state index is 0.0169. The van der Waals surface area contributed by atoms with Gasteiger partial charge in [0.15, 0.2) is 5.17 Å². The van der Waals surface area contributed by atoms with Crippen molar-refractivity contribution < 1.29 is 19.1 Å². The number of nitrogens with one attached hydrogen (secondary N) is 1. The molecule has 5 rings (SSSR count). The Morgan fingerprint density at radius 2 is 1.65 bits per heavy atom. The van der Waals surface area contributed by atoms with Crippen molar-refractivity contribution >= 4 is 40.1 Å². The Bertz CT molecular complexity index is 1380. The van der Waals surface area contributed by atoms with Gasteiger partial charge in [-0.15, -0.1) is 0 Å². The Labute approximate surface area is 219 Å². The van der Waals surface area contributed by atoms with Crippen molar-refractivity contribution in [3.8, 4) is 11.5 Å². The first-order valence-electron chi connectivity index (χ1n) is 11.8. The molecule has 3 aromatic rings. The number of aliphatic imine (C=N–C) groups is 1. The molecule has 2 atom stereocenters. The van der Waals surface area contributed by atoms with Crippen LogP contribution in [0.4, 0.5) is 5.69 Å². The van der Waals surface area contributed by atoms with Crippen LogP contribution in [-0.2, 0) is 9.59 Å². The van der Waals surface area contributed by atoms with Gasteiger partial charge in [-0.25, -0.2) is 5.01 Å². The molecular formula is C28H26N4O4S. The third kappa shape index (κ3) is 5.22. The van der Waals surface area contributed by atoms with Crippen molar-refractivity contribution in [2.24, 2.45) is 10.1 Å². The van der Waals surface area contributed by atoms with Gasteiger partial charge in [0, 0.05) is 18.4 Å². The summed E-state index contributed by atoms with van der Waals surface area (Å²) >= 11 is 1.26. The summed E-state index contributed by atoms with van der Waals surface area (Å²) < 4.78 is 10.9. The van der Waals surface area contributed by atoms with Gasteiger partial charge in [-0.05, 0) is 23.8 Å². The second kappa shape index (κ2) is 10.9. The Morgan fingerprint density at radius 1 is 0.973 bits per heavy atom. The average Bonchev–Trinajstić information content (AvgIpc) is 3.53. The second-order valence-electron chi connectivity index (χ2n) is 8.51. The van der Waals surface area contributed by atoms with Crippen LogP contribution in [-0.4, -0.2) is 47.2 Å². The zero-order valence-electron chi connectivity index (χ0n) is 20.5. The van der Waals surface area contributed by atoms with Gasteiger partial charge in [-0.2, -0.15) is 10.1 Å². The number of hydrazone groups is 1. The molecule has 1 N–H and O–H groups in total. The zero-order valence-corrected chi connectivity index (χ0v) is 21.3. The molecule has 0 fully saturated rings. The molecule has 8 nitrogen and oxygen atoms in total. The van der Waals surface area contributed by atoms with Gasteiger partial charge in [0.05, 0.1) is 31.7 Å². The summed E-state index contributed by atoms with van der Waals surface area (Å²) in [5.41, 5.74) is 3.41. The molecule has 2 aliphatic rings. The number of hydrogen-bond acceptors (Lipinski definition) is 7. The maximum absolute atomic E-state index is 12.9. The maximum Gasteiger partial charge on any atom is 0.262 e. The summed E-state index contributed by atoms with van der Waals surface area (Å²) in [5.74, 6) is 0.655. The first-order chi connectivity index (χ1) is 18.1. The molecule has 2 heterocycles. The Hall–Kier alpha value is -4.11. The number of hydrogen-bond donors (Lipinski definition) is 1. The van der Waals surface area contributed by atoms with Crippen molar-refractivity contribution in [2.45, 2.75) is 24.1 Å². The van der Waals surface area contributed by atoms with Gasteiger partial charge >= 0.3 is 0 Å².